The van der Waals surface area contributed by atoms with Crippen molar-refractivity contribution in [3.63, 3.8) is 0 Å². The number of hydrogen-bond donors (Lipinski definition) is 0. The summed E-state index contributed by atoms with van der Waals surface area (Å²) in [6, 6.07) is 0. The molecule has 4 heteroatoms. The average molecular weight is 211 g/mol. The SMILES string of the molecule is CC1OC(C)OC(CBr)O1. The van der Waals surface area contributed by atoms with E-state index >= 15 is 0 Å². The molecule has 0 aromatic carbocycles. The van der Waals surface area contributed by atoms with E-state index < -0.39 is 0 Å². The van der Waals surface area contributed by atoms with Crippen molar-refractivity contribution in [1.82, 2.24) is 0 Å². The normalized spacial score (nSPS) is 41.7. The van der Waals surface area contributed by atoms with Crippen LogP contribution in [0.25, 0.3) is 0 Å². The number of alkyl halides is 1. The predicted molar refractivity (Wildman–Crippen MR) is 39.8 cm³/mol. The van der Waals surface area contributed by atoms with Crippen molar-refractivity contribution < 1.29 is 14.2 Å². The third-order valence-electron chi connectivity index (χ3n) is 1.20. The molecule has 1 saturated heterocycles. The molecule has 1 heterocycles. The molecule has 1 fully saturated rings. The first-order valence-corrected chi connectivity index (χ1v) is 4.37. The number of ether oxygens (including phenoxy) is 3. The Hall–Kier alpha value is 0.360. The summed E-state index contributed by atoms with van der Waals surface area (Å²) < 4.78 is 15.6. The van der Waals surface area contributed by atoms with Crippen LogP contribution < -0.4 is 0 Å². The minimum absolute atomic E-state index is 0.161. The second-order valence-electron chi connectivity index (χ2n) is 2.13. The summed E-state index contributed by atoms with van der Waals surface area (Å²) in [6.07, 6.45) is -0.489. The highest BCUT2D eigenvalue weighted by Gasteiger charge is 2.23. The van der Waals surface area contributed by atoms with Crippen molar-refractivity contribution in [2.75, 3.05) is 5.33 Å². The Morgan fingerprint density at radius 1 is 1.10 bits per heavy atom. The van der Waals surface area contributed by atoms with Crippen molar-refractivity contribution in [1.29, 1.82) is 0 Å². The van der Waals surface area contributed by atoms with Crippen molar-refractivity contribution >= 4 is 15.9 Å². The number of hydrogen-bond acceptors (Lipinski definition) is 3. The predicted octanol–water partition coefficient (Wildman–Crippen LogP) is 1.46. The summed E-state index contributed by atoms with van der Waals surface area (Å²) in [5.41, 5.74) is 0. The lowest BCUT2D eigenvalue weighted by Crippen LogP contribution is -2.38. The molecule has 0 N–H and O–H groups in total. The Labute approximate surface area is 68.8 Å². The van der Waals surface area contributed by atoms with Gasteiger partial charge in [0.2, 0.25) is 0 Å². The van der Waals surface area contributed by atoms with Gasteiger partial charge in [0, 0.05) is 0 Å². The standard InChI is InChI=1S/C6H11BrO3/c1-4-8-5(2)10-6(3-7)9-4/h4-6H,3H2,1-2H3. The summed E-state index contributed by atoms with van der Waals surface area (Å²) in [6.45, 7) is 3.71. The lowest BCUT2D eigenvalue weighted by atomic mass is 10.6. The van der Waals surface area contributed by atoms with E-state index in [1.165, 1.54) is 0 Å². The van der Waals surface area contributed by atoms with Crippen LogP contribution in [0.3, 0.4) is 0 Å². The molecule has 10 heavy (non-hydrogen) atoms. The van der Waals surface area contributed by atoms with Gasteiger partial charge in [-0.3, -0.25) is 0 Å². The molecule has 1 aliphatic heterocycles. The van der Waals surface area contributed by atoms with Gasteiger partial charge in [-0.1, -0.05) is 15.9 Å². The largest absolute Gasteiger partial charge is 0.324 e. The molecule has 2 unspecified atom stereocenters. The first-order chi connectivity index (χ1) is 4.72. The summed E-state index contributed by atoms with van der Waals surface area (Å²) in [5.74, 6) is 0. The first-order valence-electron chi connectivity index (χ1n) is 3.24. The molecular weight excluding hydrogens is 200 g/mol. The van der Waals surface area contributed by atoms with Gasteiger partial charge in [0.25, 0.3) is 0 Å². The van der Waals surface area contributed by atoms with Gasteiger partial charge < -0.3 is 14.2 Å². The molecule has 0 saturated carbocycles. The van der Waals surface area contributed by atoms with Crippen LogP contribution in [-0.4, -0.2) is 24.2 Å². The van der Waals surface area contributed by atoms with E-state index in [1.54, 1.807) is 0 Å². The van der Waals surface area contributed by atoms with Crippen LogP contribution >= 0.6 is 15.9 Å². The third-order valence-corrected chi connectivity index (χ3v) is 1.72. The Morgan fingerprint density at radius 2 is 1.60 bits per heavy atom. The molecule has 2 atom stereocenters. The quantitative estimate of drug-likeness (QED) is 0.614. The van der Waals surface area contributed by atoms with Gasteiger partial charge in [0.1, 0.15) is 0 Å². The van der Waals surface area contributed by atoms with Crippen molar-refractivity contribution in [2.45, 2.75) is 32.7 Å². The van der Waals surface area contributed by atoms with Gasteiger partial charge in [0.05, 0.1) is 5.33 Å². The molecule has 0 aromatic rings. The highest BCUT2D eigenvalue weighted by atomic mass is 79.9. The molecular formula is C6H11BrO3. The van der Waals surface area contributed by atoms with Crippen LogP contribution in [0, 0.1) is 0 Å². The molecule has 0 radical (unpaired) electrons. The Morgan fingerprint density at radius 3 is 2.00 bits per heavy atom. The zero-order chi connectivity index (χ0) is 7.56. The average Bonchev–Trinajstić information content (AvgIpc) is 1.85. The topological polar surface area (TPSA) is 27.7 Å². The highest BCUT2D eigenvalue weighted by molar-refractivity contribution is 9.09. The molecule has 0 spiro atoms. The smallest absolute Gasteiger partial charge is 0.173 e. The number of halogens is 1. The molecule has 3 nitrogen and oxygen atoms in total. The number of rotatable bonds is 1. The van der Waals surface area contributed by atoms with E-state index in [1.807, 2.05) is 13.8 Å². The first kappa shape index (κ1) is 8.46. The zero-order valence-electron chi connectivity index (χ0n) is 6.04. The molecule has 0 amide bonds. The van der Waals surface area contributed by atoms with Crippen molar-refractivity contribution in [2.24, 2.45) is 0 Å². The van der Waals surface area contributed by atoms with E-state index in [4.69, 9.17) is 14.2 Å². The maximum Gasteiger partial charge on any atom is 0.173 e. The molecule has 0 aromatic heterocycles. The summed E-state index contributed by atoms with van der Waals surface area (Å²) >= 11 is 3.26. The van der Waals surface area contributed by atoms with E-state index in [2.05, 4.69) is 15.9 Å². The minimum atomic E-state index is -0.168. The van der Waals surface area contributed by atoms with Crippen molar-refractivity contribution in [3.8, 4) is 0 Å². The van der Waals surface area contributed by atoms with E-state index in [0.29, 0.717) is 5.33 Å². The Balaban J connectivity index is 2.35. The fourth-order valence-corrected chi connectivity index (χ4v) is 1.17. The van der Waals surface area contributed by atoms with Gasteiger partial charge in [-0.05, 0) is 13.8 Å². The van der Waals surface area contributed by atoms with Gasteiger partial charge in [-0.2, -0.15) is 0 Å². The summed E-state index contributed by atoms with van der Waals surface area (Å²) in [5, 5.41) is 0.686. The molecule has 0 aliphatic carbocycles. The lowest BCUT2D eigenvalue weighted by Gasteiger charge is -2.31. The monoisotopic (exact) mass is 210 g/mol. The van der Waals surface area contributed by atoms with E-state index in [-0.39, 0.29) is 18.9 Å². The maximum absolute atomic E-state index is 5.21. The van der Waals surface area contributed by atoms with Crippen LogP contribution in [-0.2, 0) is 14.2 Å². The van der Waals surface area contributed by atoms with Crippen molar-refractivity contribution in [3.05, 3.63) is 0 Å². The molecule has 1 aliphatic rings. The maximum atomic E-state index is 5.21. The van der Waals surface area contributed by atoms with E-state index in [0.717, 1.165) is 0 Å². The van der Waals surface area contributed by atoms with Gasteiger partial charge in [-0.25, -0.2) is 0 Å². The van der Waals surface area contributed by atoms with E-state index in [9.17, 15) is 0 Å². The minimum Gasteiger partial charge on any atom is -0.324 e. The van der Waals surface area contributed by atoms with Gasteiger partial charge in [0.15, 0.2) is 18.9 Å². The van der Waals surface area contributed by atoms with Crippen LogP contribution in [0.15, 0.2) is 0 Å². The van der Waals surface area contributed by atoms with Crippen LogP contribution in [0.2, 0.25) is 0 Å². The Kier molecular flexibility index (Phi) is 3.10. The zero-order valence-corrected chi connectivity index (χ0v) is 7.63. The second kappa shape index (κ2) is 3.67. The fourth-order valence-electron chi connectivity index (χ4n) is 0.866. The highest BCUT2D eigenvalue weighted by Crippen LogP contribution is 2.15. The fraction of sp³-hybridized carbons (Fsp3) is 1.00. The summed E-state index contributed by atoms with van der Waals surface area (Å²) in [4.78, 5) is 0. The summed E-state index contributed by atoms with van der Waals surface area (Å²) in [7, 11) is 0. The lowest BCUT2D eigenvalue weighted by molar-refractivity contribution is -0.365. The molecule has 1 rings (SSSR count). The van der Waals surface area contributed by atoms with Crippen LogP contribution in [0.5, 0.6) is 0 Å². The van der Waals surface area contributed by atoms with Gasteiger partial charge >= 0.3 is 0 Å². The molecule has 0 bridgehead atoms. The van der Waals surface area contributed by atoms with Crippen LogP contribution in [0.1, 0.15) is 13.8 Å². The Bertz CT molecular complexity index is 99.2. The second-order valence-corrected chi connectivity index (χ2v) is 2.77. The van der Waals surface area contributed by atoms with Crippen LogP contribution in [0.4, 0.5) is 0 Å². The van der Waals surface area contributed by atoms with Gasteiger partial charge in [-0.15, -0.1) is 0 Å². The molecule has 60 valence electrons. The third kappa shape index (κ3) is 2.20.